The Bertz CT molecular complexity index is 1540. The number of amides is 1. The maximum Gasteiger partial charge on any atom is 0.255 e. The fourth-order valence-corrected chi connectivity index (χ4v) is 4.79. The molecule has 0 radical (unpaired) electrons. The van der Waals surface area contributed by atoms with Gasteiger partial charge >= 0.3 is 0 Å². The van der Waals surface area contributed by atoms with Gasteiger partial charge in [-0.15, -0.1) is 0 Å². The van der Waals surface area contributed by atoms with Gasteiger partial charge in [-0.1, -0.05) is 47.5 Å². The number of benzene rings is 3. The van der Waals surface area contributed by atoms with Crippen molar-refractivity contribution in [3.05, 3.63) is 106 Å². The molecule has 3 aromatic carbocycles. The lowest BCUT2D eigenvalue weighted by Gasteiger charge is -2.29. The van der Waals surface area contributed by atoms with Gasteiger partial charge in [-0.05, 0) is 74.7 Å². The highest BCUT2D eigenvalue weighted by Crippen LogP contribution is 2.39. The van der Waals surface area contributed by atoms with Gasteiger partial charge in [0.1, 0.15) is 19.0 Å². The number of allylic oxidation sites excluding steroid dienone is 1. The topological polar surface area (TPSA) is 90.3 Å². The van der Waals surface area contributed by atoms with Crippen LogP contribution in [0, 0.1) is 13.8 Å². The van der Waals surface area contributed by atoms with Crippen LogP contribution in [-0.4, -0.2) is 27.3 Å². The number of carbonyl (C=O) groups is 1. The number of nitrogens with one attached hydrogen (secondary N) is 2. The number of anilines is 2. The van der Waals surface area contributed by atoms with E-state index in [-0.39, 0.29) is 5.91 Å². The summed E-state index contributed by atoms with van der Waals surface area (Å²) in [5.41, 5.74) is 5.91. The molecule has 1 atom stereocenters. The van der Waals surface area contributed by atoms with Crippen molar-refractivity contribution in [3.63, 3.8) is 0 Å². The van der Waals surface area contributed by atoms with Crippen LogP contribution in [0.5, 0.6) is 11.5 Å². The Hall–Kier alpha value is -4.30. The fraction of sp³-hybridized carbons (Fsp3) is 0.233. The van der Waals surface area contributed by atoms with E-state index in [1.54, 1.807) is 4.68 Å². The summed E-state index contributed by atoms with van der Waals surface area (Å²) in [6.45, 7) is 8.61. The molecule has 1 aromatic heterocycles. The summed E-state index contributed by atoms with van der Waals surface area (Å²) in [5, 5.41) is 11.4. The van der Waals surface area contributed by atoms with Crippen molar-refractivity contribution in [2.75, 3.05) is 17.2 Å². The highest BCUT2D eigenvalue weighted by atomic mass is 35.5. The number of hydrogen-bond acceptors (Lipinski definition) is 6. The molecule has 1 aliphatic rings. The summed E-state index contributed by atoms with van der Waals surface area (Å²) in [7, 11) is 0. The molecule has 5 rings (SSSR count). The lowest BCUT2D eigenvalue weighted by atomic mass is 9.94. The predicted octanol–water partition coefficient (Wildman–Crippen LogP) is 6.45. The minimum atomic E-state index is -0.529. The van der Waals surface area contributed by atoms with Crippen molar-refractivity contribution < 1.29 is 14.3 Å². The Morgan fingerprint density at radius 1 is 1.03 bits per heavy atom. The average Bonchev–Trinajstić information content (AvgIpc) is 3.38. The number of aryl methyl sites for hydroxylation is 2. The van der Waals surface area contributed by atoms with Crippen molar-refractivity contribution in [2.45, 2.75) is 40.3 Å². The third kappa shape index (κ3) is 5.61. The van der Waals surface area contributed by atoms with Crippen LogP contribution in [-0.2, 0) is 11.4 Å². The van der Waals surface area contributed by atoms with Gasteiger partial charge in [-0.2, -0.15) is 10.1 Å². The quantitative estimate of drug-likeness (QED) is 0.265. The largest absolute Gasteiger partial charge is 0.490 e. The first-order valence-corrected chi connectivity index (χ1v) is 13.1. The molecule has 2 heterocycles. The van der Waals surface area contributed by atoms with E-state index in [1.165, 1.54) is 6.33 Å². The first-order chi connectivity index (χ1) is 18.8. The van der Waals surface area contributed by atoms with Gasteiger partial charge in [0.05, 0.1) is 12.2 Å². The average molecular weight is 544 g/mol. The first-order valence-electron chi connectivity index (χ1n) is 12.7. The molecule has 1 unspecified atom stereocenters. The number of halogens is 1. The van der Waals surface area contributed by atoms with Crippen LogP contribution >= 0.6 is 11.6 Å². The maximum atomic E-state index is 13.8. The van der Waals surface area contributed by atoms with Gasteiger partial charge in [0.2, 0.25) is 5.95 Å². The molecule has 0 fully saturated rings. The predicted molar refractivity (Wildman–Crippen MR) is 152 cm³/mol. The van der Waals surface area contributed by atoms with Crippen LogP contribution < -0.4 is 20.1 Å². The number of ether oxygens (including phenoxy) is 2. The molecule has 1 amide bonds. The van der Waals surface area contributed by atoms with Crippen molar-refractivity contribution in [3.8, 4) is 11.5 Å². The molecule has 39 heavy (non-hydrogen) atoms. The standard InChI is InChI=1S/C30H30ClN5O3/c1-5-38-26-15-22(9-13-25(26)39-16-21-7-10-23(31)11-8-21)28-27(20(4)34-30-32-17-33-36(28)30)29(37)35-24-12-6-18(2)14-19(24)3/h6-15,17,28H,5,16H2,1-4H3,(H,35,37)(H,32,33,34). The van der Waals surface area contributed by atoms with Crippen LogP contribution in [0.3, 0.4) is 0 Å². The zero-order valence-electron chi connectivity index (χ0n) is 22.3. The Kier molecular flexibility index (Phi) is 7.56. The summed E-state index contributed by atoms with van der Waals surface area (Å²) in [6.07, 6.45) is 1.47. The van der Waals surface area contributed by atoms with E-state index in [0.29, 0.717) is 47.0 Å². The Morgan fingerprint density at radius 2 is 1.82 bits per heavy atom. The normalized spacial score (nSPS) is 14.4. The SMILES string of the molecule is CCOc1cc(C2C(C(=O)Nc3ccc(C)cc3C)=C(C)Nc3ncnn32)ccc1OCc1ccc(Cl)cc1. The monoisotopic (exact) mass is 543 g/mol. The Balaban J connectivity index is 1.49. The third-order valence-corrected chi connectivity index (χ3v) is 6.81. The summed E-state index contributed by atoms with van der Waals surface area (Å²) in [4.78, 5) is 18.1. The minimum absolute atomic E-state index is 0.223. The van der Waals surface area contributed by atoms with Crippen LogP contribution in [0.2, 0.25) is 5.02 Å². The second-order valence-electron chi connectivity index (χ2n) is 9.42. The van der Waals surface area contributed by atoms with Crippen LogP contribution in [0.1, 0.15) is 42.1 Å². The van der Waals surface area contributed by atoms with E-state index in [0.717, 1.165) is 27.9 Å². The van der Waals surface area contributed by atoms with Crippen molar-refractivity contribution >= 4 is 29.1 Å². The second kappa shape index (κ2) is 11.2. The zero-order valence-corrected chi connectivity index (χ0v) is 23.0. The minimum Gasteiger partial charge on any atom is -0.490 e. The number of rotatable bonds is 8. The highest BCUT2D eigenvalue weighted by molar-refractivity contribution is 6.30. The highest BCUT2D eigenvalue weighted by Gasteiger charge is 2.34. The Labute approximate surface area is 232 Å². The number of fused-ring (bicyclic) bond motifs is 1. The number of hydrogen-bond donors (Lipinski definition) is 2. The lowest BCUT2D eigenvalue weighted by Crippen LogP contribution is -2.31. The number of aromatic nitrogens is 3. The van der Waals surface area contributed by atoms with E-state index < -0.39 is 6.04 Å². The van der Waals surface area contributed by atoms with Crippen molar-refractivity contribution in [1.82, 2.24) is 14.8 Å². The zero-order chi connectivity index (χ0) is 27.5. The summed E-state index contributed by atoms with van der Waals surface area (Å²) in [5.74, 6) is 1.52. The number of nitrogens with zero attached hydrogens (tertiary/aromatic N) is 3. The van der Waals surface area contributed by atoms with Gasteiger partial charge in [0, 0.05) is 16.4 Å². The summed E-state index contributed by atoms with van der Waals surface area (Å²) < 4.78 is 13.8. The van der Waals surface area contributed by atoms with Crippen LogP contribution in [0.25, 0.3) is 0 Å². The molecule has 0 aliphatic carbocycles. The molecule has 200 valence electrons. The molecule has 8 nitrogen and oxygen atoms in total. The van der Waals surface area contributed by atoms with Gasteiger partial charge in [-0.25, -0.2) is 4.68 Å². The second-order valence-corrected chi connectivity index (χ2v) is 9.86. The molecular formula is C30H30ClN5O3. The number of carbonyl (C=O) groups excluding carboxylic acids is 1. The summed E-state index contributed by atoms with van der Waals surface area (Å²) in [6, 6.07) is 18.6. The maximum absolute atomic E-state index is 13.8. The van der Waals surface area contributed by atoms with E-state index in [9.17, 15) is 4.79 Å². The van der Waals surface area contributed by atoms with Crippen LogP contribution in [0.15, 0.2) is 78.3 Å². The van der Waals surface area contributed by atoms with E-state index in [4.69, 9.17) is 21.1 Å². The summed E-state index contributed by atoms with van der Waals surface area (Å²) >= 11 is 6.01. The molecule has 0 spiro atoms. The van der Waals surface area contributed by atoms with Gasteiger partial charge in [0.25, 0.3) is 5.91 Å². The van der Waals surface area contributed by atoms with Crippen LogP contribution in [0.4, 0.5) is 11.6 Å². The molecule has 0 bridgehead atoms. The van der Waals surface area contributed by atoms with Gasteiger partial charge < -0.3 is 20.1 Å². The van der Waals surface area contributed by atoms with Crippen molar-refractivity contribution in [1.29, 1.82) is 0 Å². The van der Waals surface area contributed by atoms with E-state index in [1.807, 2.05) is 88.4 Å². The van der Waals surface area contributed by atoms with Gasteiger partial charge in [0.15, 0.2) is 11.5 Å². The molecule has 0 saturated carbocycles. The molecule has 2 N–H and O–H groups in total. The first kappa shape index (κ1) is 26.3. The third-order valence-electron chi connectivity index (χ3n) is 6.56. The van der Waals surface area contributed by atoms with Crippen molar-refractivity contribution in [2.24, 2.45) is 0 Å². The van der Waals surface area contributed by atoms with Gasteiger partial charge in [-0.3, -0.25) is 4.79 Å². The molecule has 0 saturated heterocycles. The van der Waals surface area contributed by atoms with E-state index >= 15 is 0 Å². The molecule has 4 aromatic rings. The Morgan fingerprint density at radius 3 is 2.56 bits per heavy atom. The smallest absolute Gasteiger partial charge is 0.255 e. The molecule has 1 aliphatic heterocycles. The lowest BCUT2D eigenvalue weighted by molar-refractivity contribution is -0.113. The van der Waals surface area contributed by atoms with E-state index in [2.05, 4.69) is 20.7 Å². The molecule has 9 heteroatoms. The molecular weight excluding hydrogens is 514 g/mol. The fourth-order valence-electron chi connectivity index (χ4n) is 4.66.